The van der Waals surface area contributed by atoms with Gasteiger partial charge in [-0.3, -0.25) is 4.79 Å². The lowest BCUT2D eigenvalue weighted by Gasteiger charge is -2.55. The van der Waals surface area contributed by atoms with Gasteiger partial charge >= 0.3 is 0 Å². The maximum Gasteiger partial charge on any atom is 0.170 e. The van der Waals surface area contributed by atoms with Crippen LogP contribution >= 0.6 is 0 Å². The Morgan fingerprint density at radius 2 is 1.82 bits per heavy atom. The molecule has 2 aliphatic rings. The van der Waals surface area contributed by atoms with Gasteiger partial charge in [0.2, 0.25) is 0 Å². The molecule has 2 saturated carbocycles. The Balaban J connectivity index is 2.28. The number of ketones is 1. The predicted molar refractivity (Wildman–Crippen MR) is 62.5 cm³/mol. The molecule has 98 valence electrons. The van der Waals surface area contributed by atoms with Crippen LogP contribution in [0, 0.1) is 5.41 Å². The van der Waals surface area contributed by atoms with Crippen LogP contribution in [0.1, 0.15) is 45.4 Å². The summed E-state index contributed by atoms with van der Waals surface area (Å²) in [6.07, 6.45) is 3.58. The molecule has 0 radical (unpaired) electrons. The fraction of sp³-hybridized carbons (Fsp3) is 0.923. The van der Waals surface area contributed by atoms with Gasteiger partial charge in [-0.2, -0.15) is 0 Å². The van der Waals surface area contributed by atoms with Gasteiger partial charge in [0.05, 0.1) is 5.60 Å². The van der Waals surface area contributed by atoms with E-state index in [0.717, 1.165) is 19.3 Å². The second kappa shape index (κ2) is 4.04. The number of fused-ring (bicyclic) bond motifs is 1. The number of rotatable bonds is 2. The molecular weight excluding hydrogens is 220 g/mol. The smallest absolute Gasteiger partial charge is 0.170 e. The molecule has 0 aliphatic heterocycles. The third-order valence-corrected chi connectivity index (χ3v) is 4.93. The van der Waals surface area contributed by atoms with Crippen LogP contribution in [0.15, 0.2) is 0 Å². The SMILES string of the molecule is COC1(OC)CC[C@@]2(C)CCC(=O)C[C@@]2(O)C1. The van der Waals surface area contributed by atoms with E-state index >= 15 is 0 Å². The summed E-state index contributed by atoms with van der Waals surface area (Å²) in [4.78, 5) is 11.6. The Labute approximate surface area is 102 Å². The van der Waals surface area contributed by atoms with Gasteiger partial charge in [-0.1, -0.05) is 6.92 Å². The Hall–Kier alpha value is -0.450. The first-order valence-electron chi connectivity index (χ1n) is 6.23. The number of aliphatic hydroxyl groups is 1. The van der Waals surface area contributed by atoms with Gasteiger partial charge in [0.15, 0.2) is 5.79 Å². The van der Waals surface area contributed by atoms with E-state index in [0.29, 0.717) is 12.8 Å². The second-order valence-electron chi connectivity index (χ2n) is 5.80. The zero-order valence-electron chi connectivity index (χ0n) is 10.9. The largest absolute Gasteiger partial charge is 0.389 e. The molecule has 0 spiro atoms. The normalized spacial score (nSPS) is 41.1. The summed E-state index contributed by atoms with van der Waals surface area (Å²) in [7, 11) is 3.19. The molecule has 2 rings (SSSR count). The molecule has 2 aliphatic carbocycles. The number of carbonyl (C=O) groups excluding carboxylic acids is 1. The third kappa shape index (κ3) is 1.92. The van der Waals surface area contributed by atoms with Crippen molar-refractivity contribution >= 4 is 5.78 Å². The van der Waals surface area contributed by atoms with Crippen LogP contribution < -0.4 is 0 Å². The summed E-state index contributed by atoms with van der Waals surface area (Å²) in [5.74, 6) is -0.584. The maximum absolute atomic E-state index is 11.6. The minimum absolute atomic E-state index is 0.146. The van der Waals surface area contributed by atoms with Crippen molar-refractivity contribution in [3.8, 4) is 0 Å². The van der Waals surface area contributed by atoms with E-state index in [9.17, 15) is 9.90 Å². The molecule has 2 atom stereocenters. The minimum atomic E-state index is -0.980. The highest BCUT2D eigenvalue weighted by molar-refractivity contribution is 5.80. The first-order chi connectivity index (χ1) is 7.89. The van der Waals surface area contributed by atoms with Crippen molar-refractivity contribution in [2.24, 2.45) is 5.41 Å². The fourth-order valence-electron chi connectivity index (χ4n) is 3.34. The summed E-state index contributed by atoms with van der Waals surface area (Å²) in [5.41, 5.74) is -1.16. The molecule has 0 aromatic heterocycles. The molecule has 4 heteroatoms. The van der Waals surface area contributed by atoms with Crippen molar-refractivity contribution in [1.29, 1.82) is 0 Å². The fourth-order valence-corrected chi connectivity index (χ4v) is 3.34. The van der Waals surface area contributed by atoms with E-state index in [1.165, 1.54) is 0 Å². The van der Waals surface area contributed by atoms with Crippen LogP contribution in [0.4, 0.5) is 0 Å². The molecule has 1 N–H and O–H groups in total. The number of carbonyl (C=O) groups is 1. The molecule has 2 fully saturated rings. The van der Waals surface area contributed by atoms with Crippen LogP contribution in [0.3, 0.4) is 0 Å². The predicted octanol–water partition coefficient (Wildman–Crippen LogP) is 1.65. The minimum Gasteiger partial charge on any atom is -0.389 e. The van der Waals surface area contributed by atoms with Gasteiger partial charge in [0.25, 0.3) is 0 Å². The number of ether oxygens (including phenoxy) is 2. The molecule has 4 nitrogen and oxygen atoms in total. The van der Waals surface area contributed by atoms with Crippen molar-refractivity contribution in [1.82, 2.24) is 0 Å². The topological polar surface area (TPSA) is 55.8 Å². The zero-order chi connectivity index (χ0) is 12.7. The molecular formula is C13H22O4. The van der Waals surface area contributed by atoms with Crippen molar-refractivity contribution in [3.63, 3.8) is 0 Å². The molecule has 0 bridgehead atoms. The van der Waals surface area contributed by atoms with Crippen LogP contribution in [-0.2, 0) is 14.3 Å². The standard InChI is InChI=1S/C13H22O4/c1-11-5-4-10(14)8-12(11,15)9-13(16-2,17-3)7-6-11/h15H,4-9H2,1-3H3/t11-,12-/m1/s1. The summed E-state index contributed by atoms with van der Waals surface area (Å²) in [6.45, 7) is 2.08. The molecule has 0 aromatic rings. The number of methoxy groups -OCH3 is 2. The number of hydrogen-bond acceptors (Lipinski definition) is 4. The Morgan fingerprint density at radius 1 is 1.18 bits per heavy atom. The zero-order valence-corrected chi connectivity index (χ0v) is 10.9. The first-order valence-corrected chi connectivity index (χ1v) is 6.23. The highest BCUT2D eigenvalue weighted by Crippen LogP contribution is 2.55. The van der Waals surface area contributed by atoms with E-state index in [1.807, 2.05) is 0 Å². The Bertz CT molecular complexity index is 323. The third-order valence-electron chi connectivity index (χ3n) is 4.93. The molecule has 0 saturated heterocycles. The Kier molecular flexibility index (Phi) is 3.09. The molecule has 0 unspecified atom stereocenters. The monoisotopic (exact) mass is 242 g/mol. The summed E-state index contributed by atoms with van der Waals surface area (Å²) < 4.78 is 10.9. The quantitative estimate of drug-likeness (QED) is 0.748. The van der Waals surface area contributed by atoms with Gasteiger partial charge in [0.1, 0.15) is 5.78 Å². The van der Waals surface area contributed by atoms with Gasteiger partial charge in [-0.25, -0.2) is 0 Å². The van der Waals surface area contributed by atoms with Crippen molar-refractivity contribution in [3.05, 3.63) is 0 Å². The van der Waals surface area contributed by atoms with Crippen molar-refractivity contribution in [2.75, 3.05) is 14.2 Å². The van der Waals surface area contributed by atoms with Gasteiger partial charge < -0.3 is 14.6 Å². The molecule has 0 aromatic carbocycles. The molecule has 0 heterocycles. The summed E-state index contributed by atoms with van der Waals surface area (Å²) in [6, 6.07) is 0. The Morgan fingerprint density at radius 3 is 2.41 bits per heavy atom. The highest BCUT2D eigenvalue weighted by atomic mass is 16.7. The lowest BCUT2D eigenvalue weighted by atomic mass is 9.56. The van der Waals surface area contributed by atoms with E-state index in [2.05, 4.69) is 6.92 Å². The molecule has 0 amide bonds. The average molecular weight is 242 g/mol. The first kappa shape index (κ1) is 13.0. The van der Waals surface area contributed by atoms with Crippen molar-refractivity contribution in [2.45, 2.75) is 56.8 Å². The van der Waals surface area contributed by atoms with E-state index in [4.69, 9.17) is 9.47 Å². The van der Waals surface area contributed by atoms with E-state index in [1.54, 1.807) is 14.2 Å². The number of hydrogen-bond donors (Lipinski definition) is 1. The lowest BCUT2D eigenvalue weighted by molar-refractivity contribution is -0.284. The van der Waals surface area contributed by atoms with Crippen LogP contribution in [-0.4, -0.2) is 36.5 Å². The average Bonchev–Trinajstić information content (AvgIpc) is 2.30. The highest BCUT2D eigenvalue weighted by Gasteiger charge is 2.58. The van der Waals surface area contributed by atoms with Crippen LogP contribution in [0.5, 0.6) is 0 Å². The van der Waals surface area contributed by atoms with E-state index in [-0.39, 0.29) is 17.6 Å². The summed E-state index contributed by atoms with van der Waals surface area (Å²) in [5, 5.41) is 10.8. The van der Waals surface area contributed by atoms with Gasteiger partial charge in [0, 0.05) is 39.9 Å². The van der Waals surface area contributed by atoms with E-state index < -0.39 is 11.4 Å². The molecule has 17 heavy (non-hydrogen) atoms. The second-order valence-corrected chi connectivity index (χ2v) is 5.80. The summed E-state index contributed by atoms with van der Waals surface area (Å²) >= 11 is 0. The van der Waals surface area contributed by atoms with Gasteiger partial charge in [-0.05, 0) is 18.3 Å². The maximum atomic E-state index is 11.6. The van der Waals surface area contributed by atoms with Crippen LogP contribution in [0.2, 0.25) is 0 Å². The lowest BCUT2D eigenvalue weighted by Crippen LogP contribution is -2.60. The number of Topliss-reactive ketones (excluding diaryl/α,β-unsaturated/α-hetero) is 1. The van der Waals surface area contributed by atoms with Crippen molar-refractivity contribution < 1.29 is 19.4 Å². The van der Waals surface area contributed by atoms with Gasteiger partial charge in [-0.15, -0.1) is 0 Å². The van der Waals surface area contributed by atoms with Crippen LogP contribution in [0.25, 0.3) is 0 Å².